The van der Waals surface area contributed by atoms with Crippen LogP contribution in [0.15, 0.2) is 59.7 Å². The number of hydrogen-bond acceptors (Lipinski definition) is 3. The number of alkyl halides is 3. The third-order valence-electron chi connectivity index (χ3n) is 4.18. The van der Waals surface area contributed by atoms with Crippen LogP contribution in [0.3, 0.4) is 0 Å². The molecular formula is C19H19F3N4O. The van der Waals surface area contributed by atoms with Crippen LogP contribution < -0.4 is 5.43 Å². The van der Waals surface area contributed by atoms with Gasteiger partial charge in [0.2, 0.25) is 0 Å². The number of nitrogens with zero attached hydrogens (tertiary/aromatic N) is 3. The number of amides is 2. The molecule has 1 atom stereocenters. The maximum absolute atomic E-state index is 12.8. The second-order valence-corrected chi connectivity index (χ2v) is 6.42. The minimum Gasteiger partial charge on any atom is -0.269 e. The van der Waals surface area contributed by atoms with Crippen molar-refractivity contribution < 1.29 is 18.0 Å². The summed E-state index contributed by atoms with van der Waals surface area (Å²) >= 11 is 0. The SMILES string of the molecule is CN(C)NC(=O)N1CC(c2ccccc2)C(c2ccc(C(F)(F)F)cc2)=N1. The molecule has 1 unspecified atom stereocenters. The fourth-order valence-electron chi connectivity index (χ4n) is 2.91. The average molecular weight is 376 g/mol. The Hall–Kier alpha value is -2.87. The number of halogens is 3. The number of benzene rings is 2. The number of carbonyl (C=O) groups excluding carboxylic acids is 1. The second-order valence-electron chi connectivity index (χ2n) is 6.42. The molecule has 8 heteroatoms. The molecule has 5 nitrogen and oxygen atoms in total. The largest absolute Gasteiger partial charge is 0.416 e. The summed E-state index contributed by atoms with van der Waals surface area (Å²) in [6.07, 6.45) is -4.40. The normalized spacial score (nSPS) is 17.2. The molecule has 2 amide bonds. The first-order valence-corrected chi connectivity index (χ1v) is 8.32. The van der Waals surface area contributed by atoms with Crippen LogP contribution in [0.4, 0.5) is 18.0 Å². The molecule has 0 aliphatic carbocycles. The Bertz CT molecular complexity index is 832. The Morgan fingerprint density at radius 3 is 2.30 bits per heavy atom. The summed E-state index contributed by atoms with van der Waals surface area (Å²) in [6.45, 7) is 0.306. The van der Waals surface area contributed by atoms with Crippen LogP contribution in [0.25, 0.3) is 0 Å². The Labute approximate surface area is 155 Å². The van der Waals surface area contributed by atoms with Crippen molar-refractivity contribution in [1.82, 2.24) is 15.4 Å². The summed E-state index contributed by atoms with van der Waals surface area (Å²) in [5.41, 5.74) is 3.96. The van der Waals surface area contributed by atoms with Crippen molar-refractivity contribution in [2.24, 2.45) is 5.10 Å². The zero-order chi connectivity index (χ0) is 19.6. The number of hydrogen-bond donors (Lipinski definition) is 1. The minimum absolute atomic E-state index is 0.226. The van der Waals surface area contributed by atoms with Gasteiger partial charge in [0.05, 0.1) is 17.8 Å². The van der Waals surface area contributed by atoms with E-state index in [1.807, 2.05) is 30.3 Å². The van der Waals surface area contributed by atoms with Gasteiger partial charge in [-0.05, 0) is 23.3 Å². The van der Waals surface area contributed by atoms with Gasteiger partial charge in [0.1, 0.15) is 0 Å². The third-order valence-corrected chi connectivity index (χ3v) is 4.18. The van der Waals surface area contributed by atoms with E-state index in [1.54, 1.807) is 14.1 Å². The van der Waals surface area contributed by atoms with Gasteiger partial charge < -0.3 is 0 Å². The number of carbonyl (C=O) groups is 1. The van der Waals surface area contributed by atoms with Gasteiger partial charge in [0.25, 0.3) is 0 Å². The van der Waals surface area contributed by atoms with Gasteiger partial charge in [-0.1, -0.05) is 42.5 Å². The van der Waals surface area contributed by atoms with Crippen LogP contribution in [0.2, 0.25) is 0 Å². The van der Waals surface area contributed by atoms with Gasteiger partial charge >= 0.3 is 12.2 Å². The van der Waals surface area contributed by atoms with Gasteiger partial charge in [-0.3, -0.25) is 5.43 Å². The van der Waals surface area contributed by atoms with E-state index in [0.29, 0.717) is 17.8 Å². The first-order chi connectivity index (χ1) is 12.8. The molecule has 1 N–H and O–H groups in total. The Morgan fingerprint density at radius 2 is 1.74 bits per heavy atom. The van der Waals surface area contributed by atoms with Gasteiger partial charge in [0.15, 0.2) is 0 Å². The predicted octanol–water partition coefficient (Wildman–Crippen LogP) is 3.70. The lowest BCUT2D eigenvalue weighted by Crippen LogP contribution is -2.43. The fraction of sp³-hybridized carbons (Fsp3) is 0.263. The van der Waals surface area contributed by atoms with Crippen LogP contribution in [0.1, 0.15) is 22.6 Å². The van der Waals surface area contributed by atoms with Crippen molar-refractivity contribution >= 4 is 11.7 Å². The molecule has 2 aromatic rings. The van der Waals surface area contributed by atoms with E-state index in [9.17, 15) is 18.0 Å². The maximum Gasteiger partial charge on any atom is 0.416 e. The Morgan fingerprint density at radius 1 is 1.11 bits per heavy atom. The highest BCUT2D eigenvalue weighted by molar-refractivity contribution is 6.07. The molecule has 0 bridgehead atoms. The number of nitrogens with one attached hydrogen (secondary N) is 1. The first kappa shape index (κ1) is 18.9. The molecule has 0 spiro atoms. The molecule has 0 saturated carbocycles. The monoisotopic (exact) mass is 376 g/mol. The number of rotatable bonds is 3. The summed E-state index contributed by atoms with van der Waals surface area (Å²) in [7, 11) is 3.37. The van der Waals surface area contributed by atoms with Crippen molar-refractivity contribution in [1.29, 1.82) is 0 Å². The van der Waals surface area contributed by atoms with Crippen LogP contribution in [-0.2, 0) is 6.18 Å². The summed E-state index contributed by atoms with van der Waals surface area (Å²) in [5, 5.41) is 7.19. The molecule has 1 aliphatic rings. The van der Waals surface area contributed by atoms with E-state index >= 15 is 0 Å². The Balaban J connectivity index is 1.95. The third kappa shape index (κ3) is 4.28. The lowest BCUT2D eigenvalue weighted by Gasteiger charge is -2.18. The summed E-state index contributed by atoms with van der Waals surface area (Å²) in [4.78, 5) is 12.3. The standard InChI is InChI=1S/C19H19F3N4O/c1-25(2)24-18(27)26-12-16(13-6-4-3-5-7-13)17(23-26)14-8-10-15(11-9-14)19(20,21)22/h3-11,16H,12H2,1-2H3,(H,24,27). The lowest BCUT2D eigenvalue weighted by atomic mass is 9.90. The van der Waals surface area contributed by atoms with E-state index in [1.165, 1.54) is 22.2 Å². The van der Waals surface area contributed by atoms with Crippen LogP contribution in [-0.4, -0.2) is 42.4 Å². The van der Waals surface area contributed by atoms with Crippen LogP contribution in [0, 0.1) is 0 Å². The van der Waals surface area contributed by atoms with Crippen LogP contribution >= 0.6 is 0 Å². The quantitative estimate of drug-likeness (QED) is 0.831. The molecular weight excluding hydrogens is 357 g/mol. The highest BCUT2D eigenvalue weighted by atomic mass is 19.4. The summed E-state index contributed by atoms with van der Waals surface area (Å²) in [5.74, 6) is -0.226. The molecule has 1 heterocycles. The molecule has 27 heavy (non-hydrogen) atoms. The average Bonchev–Trinajstić information content (AvgIpc) is 3.07. The molecule has 142 valence electrons. The number of hydrazone groups is 1. The molecule has 0 fully saturated rings. The van der Waals surface area contributed by atoms with E-state index < -0.39 is 17.8 Å². The van der Waals surface area contributed by atoms with Crippen molar-refractivity contribution in [3.05, 3.63) is 71.3 Å². The van der Waals surface area contributed by atoms with Crippen LogP contribution in [0.5, 0.6) is 0 Å². The van der Waals surface area contributed by atoms with E-state index in [4.69, 9.17) is 0 Å². The molecule has 1 aliphatic heterocycles. The van der Waals surface area contributed by atoms with Crippen molar-refractivity contribution in [2.45, 2.75) is 12.1 Å². The molecule has 0 saturated heterocycles. The second kappa shape index (κ2) is 7.40. The topological polar surface area (TPSA) is 47.9 Å². The molecule has 0 aromatic heterocycles. The highest BCUT2D eigenvalue weighted by Crippen LogP contribution is 2.32. The van der Waals surface area contributed by atoms with E-state index in [2.05, 4.69) is 10.5 Å². The maximum atomic E-state index is 12.8. The van der Waals surface area contributed by atoms with Gasteiger partial charge in [0, 0.05) is 20.0 Å². The number of urea groups is 1. The van der Waals surface area contributed by atoms with Crippen molar-refractivity contribution in [2.75, 3.05) is 20.6 Å². The zero-order valence-corrected chi connectivity index (χ0v) is 14.9. The summed E-state index contributed by atoms with van der Waals surface area (Å²) in [6, 6.07) is 13.9. The van der Waals surface area contributed by atoms with E-state index in [0.717, 1.165) is 17.7 Å². The number of hydrazine groups is 1. The minimum atomic E-state index is -4.40. The zero-order valence-electron chi connectivity index (χ0n) is 14.9. The highest BCUT2D eigenvalue weighted by Gasteiger charge is 2.34. The van der Waals surface area contributed by atoms with Gasteiger partial charge in [-0.25, -0.2) is 14.8 Å². The molecule has 0 radical (unpaired) electrons. The molecule has 3 rings (SSSR count). The Kier molecular flexibility index (Phi) is 5.18. The molecule has 2 aromatic carbocycles. The predicted molar refractivity (Wildman–Crippen MR) is 96.1 cm³/mol. The van der Waals surface area contributed by atoms with Gasteiger partial charge in [-0.2, -0.15) is 18.3 Å². The first-order valence-electron chi connectivity index (χ1n) is 8.32. The van der Waals surface area contributed by atoms with Crippen molar-refractivity contribution in [3.8, 4) is 0 Å². The smallest absolute Gasteiger partial charge is 0.269 e. The van der Waals surface area contributed by atoms with Crippen molar-refractivity contribution in [3.63, 3.8) is 0 Å². The summed E-state index contributed by atoms with van der Waals surface area (Å²) < 4.78 is 38.5. The van der Waals surface area contributed by atoms with E-state index in [-0.39, 0.29) is 5.92 Å². The lowest BCUT2D eigenvalue weighted by molar-refractivity contribution is -0.137. The van der Waals surface area contributed by atoms with Gasteiger partial charge in [-0.15, -0.1) is 0 Å². The fourth-order valence-corrected chi connectivity index (χ4v) is 2.91.